The summed E-state index contributed by atoms with van der Waals surface area (Å²) in [6.07, 6.45) is 0. The average Bonchev–Trinajstić information content (AvgIpc) is 2.58. The first-order valence-electron chi connectivity index (χ1n) is 6.53. The summed E-state index contributed by atoms with van der Waals surface area (Å²) < 4.78 is 11.6. The second-order valence-corrected chi connectivity index (χ2v) is 5.18. The van der Waals surface area contributed by atoms with Crippen LogP contribution in [0.5, 0.6) is 11.6 Å². The number of nitrogens with one attached hydrogen (secondary N) is 1. The minimum absolute atomic E-state index is 0.106. The maximum atomic E-state index is 11.6. The van der Waals surface area contributed by atoms with Gasteiger partial charge in [-0.2, -0.15) is 0 Å². The van der Waals surface area contributed by atoms with E-state index < -0.39 is 6.03 Å². The van der Waals surface area contributed by atoms with E-state index in [9.17, 15) is 4.79 Å². The number of ether oxygens (including phenoxy) is 2. The largest absolute Gasteiger partial charge is 0.496 e. The highest BCUT2D eigenvalue weighted by Gasteiger charge is 2.18. The van der Waals surface area contributed by atoms with Crippen molar-refractivity contribution < 1.29 is 14.3 Å². The van der Waals surface area contributed by atoms with Gasteiger partial charge >= 0.3 is 6.03 Å². The highest BCUT2D eigenvalue weighted by molar-refractivity contribution is 9.10. The molecule has 0 atom stereocenters. The molecule has 2 rings (SSSR count). The lowest BCUT2D eigenvalue weighted by atomic mass is 10.1. The van der Waals surface area contributed by atoms with E-state index in [0.29, 0.717) is 27.5 Å². The first-order chi connectivity index (χ1) is 11.1. The van der Waals surface area contributed by atoms with Crippen LogP contribution in [0.2, 0.25) is 0 Å². The third-order valence-corrected chi connectivity index (χ3v) is 3.43. The normalized spacial score (nSPS) is 10.1. The lowest BCUT2D eigenvalue weighted by Crippen LogP contribution is -2.48. The number of benzene rings is 1. The first-order valence-corrected chi connectivity index (χ1v) is 7.32. The van der Waals surface area contributed by atoms with Crippen LogP contribution in [0.4, 0.5) is 10.5 Å². The predicted octanol–water partition coefficient (Wildman–Crippen LogP) is 1.70. The number of hydrogen-bond acceptors (Lipinski definition) is 6. The summed E-state index contributed by atoms with van der Waals surface area (Å²) in [6.45, 7) is 0.106. The second-order valence-electron chi connectivity index (χ2n) is 4.36. The molecule has 0 aliphatic rings. The molecule has 122 valence electrons. The molecule has 0 aliphatic heterocycles. The van der Waals surface area contributed by atoms with Gasteiger partial charge in [-0.1, -0.05) is 12.1 Å². The SMILES string of the molecule is COc1cccc(N(N)C(=O)NN)c1COc1cccc(Br)n1. The minimum atomic E-state index is -0.667. The van der Waals surface area contributed by atoms with E-state index in [0.717, 1.165) is 5.01 Å². The summed E-state index contributed by atoms with van der Waals surface area (Å²) in [5.41, 5.74) is 2.96. The van der Waals surface area contributed by atoms with Gasteiger partial charge in [0.05, 0.1) is 18.4 Å². The molecule has 0 aliphatic carbocycles. The van der Waals surface area contributed by atoms with Crippen molar-refractivity contribution in [3.05, 3.63) is 46.6 Å². The predicted molar refractivity (Wildman–Crippen MR) is 88.6 cm³/mol. The molecular weight excluding hydrogens is 366 g/mol. The van der Waals surface area contributed by atoms with E-state index in [2.05, 4.69) is 20.9 Å². The third-order valence-electron chi connectivity index (χ3n) is 2.98. The van der Waals surface area contributed by atoms with E-state index in [1.54, 1.807) is 36.4 Å². The van der Waals surface area contributed by atoms with E-state index in [-0.39, 0.29) is 6.61 Å². The Labute approximate surface area is 141 Å². The molecule has 5 N–H and O–H groups in total. The number of carbonyl (C=O) groups excluding carboxylic acids is 1. The molecule has 0 bridgehead atoms. The number of nitrogens with zero attached hydrogens (tertiary/aromatic N) is 2. The van der Waals surface area contributed by atoms with Gasteiger partial charge in [0, 0.05) is 6.07 Å². The van der Waals surface area contributed by atoms with Crippen LogP contribution in [-0.2, 0) is 6.61 Å². The molecule has 1 aromatic heterocycles. The number of aromatic nitrogens is 1. The molecule has 2 amide bonds. The number of amides is 2. The summed E-state index contributed by atoms with van der Waals surface area (Å²) in [5.74, 6) is 11.8. The molecule has 2 aromatic rings. The zero-order chi connectivity index (χ0) is 16.8. The van der Waals surface area contributed by atoms with Gasteiger partial charge < -0.3 is 9.47 Å². The van der Waals surface area contributed by atoms with Crippen molar-refractivity contribution in [2.75, 3.05) is 12.1 Å². The summed E-state index contributed by atoms with van der Waals surface area (Å²) in [6, 6.07) is 9.74. The van der Waals surface area contributed by atoms with Crippen molar-refractivity contribution in [2.24, 2.45) is 11.7 Å². The number of methoxy groups -OCH3 is 1. The smallest absolute Gasteiger partial charge is 0.350 e. The Morgan fingerprint density at radius 3 is 2.74 bits per heavy atom. The number of pyridine rings is 1. The standard InChI is InChI=1S/C14H16BrN5O3/c1-22-11-5-2-4-10(20(17)14(21)19-16)9(11)8-23-13-7-3-6-12(15)18-13/h2-7H,8,16-17H2,1H3,(H,19,21). The van der Waals surface area contributed by atoms with Gasteiger partial charge in [0.15, 0.2) is 0 Å². The molecule has 0 spiro atoms. The van der Waals surface area contributed by atoms with Gasteiger partial charge in [0.1, 0.15) is 17.0 Å². The number of carbonyl (C=O) groups is 1. The molecule has 1 aromatic carbocycles. The van der Waals surface area contributed by atoms with Crippen LogP contribution in [-0.4, -0.2) is 18.1 Å². The summed E-state index contributed by atoms with van der Waals surface area (Å²) in [5, 5.41) is 0.884. The van der Waals surface area contributed by atoms with Crippen molar-refractivity contribution in [3.63, 3.8) is 0 Å². The molecule has 0 saturated carbocycles. The minimum Gasteiger partial charge on any atom is -0.496 e. The summed E-state index contributed by atoms with van der Waals surface area (Å²) in [7, 11) is 1.52. The first kappa shape index (κ1) is 17.0. The van der Waals surface area contributed by atoms with Crippen LogP contribution in [0.15, 0.2) is 41.0 Å². The lowest BCUT2D eigenvalue weighted by molar-refractivity contribution is 0.246. The van der Waals surface area contributed by atoms with E-state index in [1.807, 2.05) is 5.43 Å². The van der Waals surface area contributed by atoms with Crippen LogP contribution in [0.25, 0.3) is 0 Å². The maximum absolute atomic E-state index is 11.6. The van der Waals surface area contributed by atoms with Crippen LogP contribution in [0.3, 0.4) is 0 Å². The Kier molecular flexibility index (Phi) is 5.74. The number of halogens is 1. The zero-order valence-electron chi connectivity index (χ0n) is 12.3. The topological polar surface area (TPSA) is 116 Å². The van der Waals surface area contributed by atoms with Crippen LogP contribution >= 0.6 is 15.9 Å². The number of hydrogen-bond donors (Lipinski definition) is 3. The third kappa shape index (κ3) is 4.09. The van der Waals surface area contributed by atoms with Gasteiger partial charge in [-0.3, -0.25) is 5.43 Å². The fraction of sp³-hybridized carbons (Fsp3) is 0.143. The fourth-order valence-electron chi connectivity index (χ4n) is 1.91. The molecule has 9 heteroatoms. The van der Waals surface area contributed by atoms with Crippen molar-refractivity contribution in [1.29, 1.82) is 0 Å². The quantitative estimate of drug-likeness (QED) is 0.314. The number of hydrazine groups is 2. The summed E-state index contributed by atoms with van der Waals surface area (Å²) in [4.78, 5) is 15.8. The average molecular weight is 382 g/mol. The molecule has 0 saturated heterocycles. The Balaban J connectivity index is 2.30. The summed E-state index contributed by atoms with van der Waals surface area (Å²) >= 11 is 3.27. The molecule has 0 radical (unpaired) electrons. The number of nitrogens with two attached hydrogens (primary N) is 2. The molecule has 23 heavy (non-hydrogen) atoms. The highest BCUT2D eigenvalue weighted by atomic mass is 79.9. The highest BCUT2D eigenvalue weighted by Crippen LogP contribution is 2.29. The zero-order valence-corrected chi connectivity index (χ0v) is 13.9. The number of urea groups is 1. The van der Waals surface area contributed by atoms with E-state index in [1.165, 1.54) is 7.11 Å². The van der Waals surface area contributed by atoms with Crippen molar-refractivity contribution in [1.82, 2.24) is 10.4 Å². The monoisotopic (exact) mass is 381 g/mol. The van der Waals surface area contributed by atoms with Crippen molar-refractivity contribution in [2.45, 2.75) is 6.61 Å². The Morgan fingerprint density at radius 2 is 2.09 bits per heavy atom. The van der Waals surface area contributed by atoms with Crippen LogP contribution in [0.1, 0.15) is 5.56 Å². The lowest BCUT2D eigenvalue weighted by Gasteiger charge is -2.21. The molecule has 0 unspecified atom stereocenters. The van der Waals surface area contributed by atoms with Gasteiger partial charge in [0.2, 0.25) is 5.88 Å². The van der Waals surface area contributed by atoms with Gasteiger partial charge in [-0.15, -0.1) is 0 Å². The van der Waals surface area contributed by atoms with Crippen LogP contribution in [0, 0.1) is 0 Å². The Bertz CT molecular complexity index is 698. The fourth-order valence-corrected chi connectivity index (χ4v) is 2.24. The van der Waals surface area contributed by atoms with Crippen molar-refractivity contribution >= 4 is 27.6 Å². The van der Waals surface area contributed by atoms with Gasteiger partial charge in [-0.25, -0.2) is 26.5 Å². The Hall–Kier alpha value is -2.36. The molecular formula is C14H16BrN5O3. The molecule has 8 nitrogen and oxygen atoms in total. The molecule has 1 heterocycles. The second kappa shape index (κ2) is 7.77. The van der Waals surface area contributed by atoms with Crippen LogP contribution < -0.4 is 31.6 Å². The van der Waals surface area contributed by atoms with E-state index >= 15 is 0 Å². The molecule has 0 fully saturated rings. The number of anilines is 1. The number of rotatable bonds is 5. The van der Waals surface area contributed by atoms with E-state index in [4.69, 9.17) is 21.2 Å². The maximum Gasteiger partial charge on any atom is 0.350 e. The van der Waals surface area contributed by atoms with Gasteiger partial charge in [0.25, 0.3) is 0 Å². The van der Waals surface area contributed by atoms with Gasteiger partial charge in [-0.05, 0) is 34.1 Å². The van der Waals surface area contributed by atoms with Crippen molar-refractivity contribution in [3.8, 4) is 11.6 Å². The Morgan fingerprint density at radius 1 is 1.35 bits per heavy atom.